The molecular weight excluding hydrogens is 474 g/mol. The Morgan fingerprint density at radius 1 is 1.33 bits per heavy atom. The first-order valence-corrected chi connectivity index (χ1v) is 14.2. The molecule has 4 unspecified atom stereocenters. The Bertz CT molecular complexity index is 1120. The molecule has 3 aliphatic rings. The average molecular weight is 514 g/mol. The Hall–Kier alpha value is -2.16. The fraction of sp³-hybridized carbons (Fsp3) is 0.643. The van der Waals surface area contributed by atoms with Crippen molar-refractivity contribution in [3.05, 3.63) is 34.3 Å². The Balaban J connectivity index is 1.35. The van der Waals surface area contributed by atoms with E-state index in [9.17, 15) is 20.1 Å². The van der Waals surface area contributed by atoms with Crippen molar-refractivity contribution >= 4 is 28.1 Å². The number of aliphatic hydroxyl groups is 2. The standard InChI is InChI=1S/C28H39N3O4S/c1-15(14-32)30-26-21-6-5-20-19(18(21)7-8-22(26)33)10-11-28(3)23(34)12-17(25(20)28)4-9-24(35)31-27-29-13-16(2)36-27/h7-8,13,15,17,19-20,23,25,30,32-34H,4-6,9-12,14H2,1-3H3,(H,29,31,35)/t15?,17-,19?,20?,23+,25?,28-/m1/s1. The highest BCUT2D eigenvalue weighted by molar-refractivity contribution is 7.15. The van der Waals surface area contributed by atoms with E-state index in [1.165, 1.54) is 22.5 Å². The van der Waals surface area contributed by atoms with Gasteiger partial charge in [-0.3, -0.25) is 4.79 Å². The lowest BCUT2D eigenvalue weighted by atomic mass is 9.53. The highest BCUT2D eigenvalue weighted by atomic mass is 32.1. The molecule has 2 saturated carbocycles. The minimum absolute atomic E-state index is 0.00186. The van der Waals surface area contributed by atoms with Gasteiger partial charge in [-0.15, -0.1) is 11.3 Å². The average Bonchev–Trinajstić information content (AvgIpc) is 3.38. The molecule has 196 valence electrons. The van der Waals surface area contributed by atoms with Gasteiger partial charge < -0.3 is 26.0 Å². The van der Waals surface area contributed by atoms with E-state index in [0.717, 1.165) is 49.1 Å². The Kier molecular flexibility index (Phi) is 7.05. The molecular formula is C28H39N3O4S. The van der Waals surface area contributed by atoms with Crippen LogP contribution in [0, 0.1) is 30.1 Å². The summed E-state index contributed by atoms with van der Waals surface area (Å²) >= 11 is 1.49. The van der Waals surface area contributed by atoms with Gasteiger partial charge in [0.1, 0.15) is 5.75 Å². The van der Waals surface area contributed by atoms with Gasteiger partial charge in [0.2, 0.25) is 5.91 Å². The second-order valence-corrected chi connectivity index (χ2v) is 12.7. The number of benzene rings is 1. The van der Waals surface area contributed by atoms with Crippen LogP contribution in [0.4, 0.5) is 10.8 Å². The van der Waals surface area contributed by atoms with Crippen molar-refractivity contribution in [2.75, 3.05) is 17.2 Å². The van der Waals surface area contributed by atoms with Gasteiger partial charge in [0.05, 0.1) is 18.4 Å². The second kappa shape index (κ2) is 9.95. The number of nitrogens with one attached hydrogen (secondary N) is 2. The van der Waals surface area contributed by atoms with Crippen LogP contribution in [-0.4, -0.2) is 45.0 Å². The van der Waals surface area contributed by atoms with E-state index in [1.807, 2.05) is 13.8 Å². The molecule has 0 spiro atoms. The van der Waals surface area contributed by atoms with Crippen molar-refractivity contribution < 1.29 is 20.1 Å². The molecule has 2 fully saturated rings. The molecule has 0 saturated heterocycles. The fourth-order valence-corrected chi connectivity index (χ4v) is 8.25. The van der Waals surface area contributed by atoms with Crippen molar-refractivity contribution in [2.24, 2.45) is 23.2 Å². The molecule has 1 amide bonds. The summed E-state index contributed by atoms with van der Waals surface area (Å²) in [5.74, 6) is 1.76. The molecule has 2 aromatic rings. The monoisotopic (exact) mass is 513 g/mol. The number of phenols is 1. The third-order valence-electron chi connectivity index (χ3n) is 9.26. The second-order valence-electron chi connectivity index (χ2n) is 11.5. The van der Waals surface area contributed by atoms with Crippen molar-refractivity contribution in [1.29, 1.82) is 0 Å². The zero-order chi connectivity index (χ0) is 25.6. The highest BCUT2D eigenvalue weighted by Gasteiger charge is 2.58. The number of hydrogen-bond acceptors (Lipinski definition) is 7. The van der Waals surface area contributed by atoms with Crippen LogP contribution in [0.5, 0.6) is 5.75 Å². The van der Waals surface area contributed by atoms with Gasteiger partial charge in [0.25, 0.3) is 0 Å². The number of thiazole rings is 1. The number of aliphatic hydroxyl groups excluding tert-OH is 2. The Morgan fingerprint density at radius 3 is 2.86 bits per heavy atom. The first-order chi connectivity index (χ1) is 17.2. The van der Waals surface area contributed by atoms with Crippen LogP contribution in [0.2, 0.25) is 0 Å². The minimum Gasteiger partial charge on any atom is -0.506 e. The van der Waals surface area contributed by atoms with Crippen molar-refractivity contribution in [3.63, 3.8) is 0 Å². The van der Waals surface area contributed by atoms with Crippen molar-refractivity contribution in [2.45, 2.75) is 83.8 Å². The smallest absolute Gasteiger partial charge is 0.226 e. The molecule has 1 heterocycles. The molecule has 36 heavy (non-hydrogen) atoms. The third kappa shape index (κ3) is 4.52. The van der Waals surface area contributed by atoms with E-state index < -0.39 is 0 Å². The topological polar surface area (TPSA) is 115 Å². The number of carbonyl (C=O) groups is 1. The number of aromatic hydroxyl groups is 1. The largest absolute Gasteiger partial charge is 0.506 e. The van der Waals surface area contributed by atoms with Gasteiger partial charge in [0, 0.05) is 23.5 Å². The predicted molar refractivity (Wildman–Crippen MR) is 142 cm³/mol. The Labute approximate surface area is 217 Å². The van der Waals surface area contributed by atoms with E-state index in [-0.39, 0.29) is 35.8 Å². The van der Waals surface area contributed by atoms with E-state index in [0.29, 0.717) is 35.2 Å². The summed E-state index contributed by atoms with van der Waals surface area (Å²) in [6, 6.07) is 3.74. The summed E-state index contributed by atoms with van der Waals surface area (Å²) in [4.78, 5) is 18.0. The molecule has 3 aliphatic carbocycles. The summed E-state index contributed by atoms with van der Waals surface area (Å²) < 4.78 is 0. The lowest BCUT2D eigenvalue weighted by molar-refractivity contribution is -0.116. The molecule has 1 aromatic heterocycles. The summed E-state index contributed by atoms with van der Waals surface area (Å²) in [7, 11) is 0. The maximum absolute atomic E-state index is 12.7. The summed E-state index contributed by atoms with van der Waals surface area (Å²) in [5, 5.41) is 38.2. The lowest BCUT2D eigenvalue weighted by Crippen LogP contribution is -2.45. The molecule has 5 rings (SSSR count). The van der Waals surface area contributed by atoms with Gasteiger partial charge >= 0.3 is 0 Å². The van der Waals surface area contributed by atoms with Crippen LogP contribution in [0.15, 0.2) is 18.3 Å². The van der Waals surface area contributed by atoms with Crippen LogP contribution in [0.25, 0.3) is 0 Å². The maximum atomic E-state index is 12.7. The van der Waals surface area contributed by atoms with Crippen molar-refractivity contribution in [3.8, 4) is 5.75 Å². The Morgan fingerprint density at radius 2 is 2.14 bits per heavy atom. The molecule has 5 N–H and O–H groups in total. The molecule has 1 aromatic carbocycles. The molecule has 7 atom stereocenters. The summed E-state index contributed by atoms with van der Waals surface area (Å²) in [6.45, 7) is 6.15. The number of hydrogen-bond donors (Lipinski definition) is 5. The van der Waals surface area contributed by atoms with Crippen LogP contribution >= 0.6 is 11.3 Å². The van der Waals surface area contributed by atoms with E-state index in [1.54, 1.807) is 12.3 Å². The number of aryl methyl sites for hydroxylation is 1. The first kappa shape index (κ1) is 25.5. The van der Waals surface area contributed by atoms with Gasteiger partial charge in [-0.25, -0.2) is 4.98 Å². The molecule has 0 aliphatic heterocycles. The molecule has 8 heteroatoms. The number of carbonyl (C=O) groups excluding carboxylic acids is 1. The van der Waals surface area contributed by atoms with Crippen LogP contribution in [-0.2, 0) is 11.2 Å². The van der Waals surface area contributed by atoms with E-state index >= 15 is 0 Å². The lowest BCUT2D eigenvalue weighted by Gasteiger charge is -2.51. The zero-order valence-electron chi connectivity index (χ0n) is 21.5. The SMILES string of the molecule is Cc1cnc(NC(=O)CC[C@@H]2C[C@H](O)[C@@]3(C)CCC4c5ccc(O)c(NC(C)CO)c5CCC4C23)s1. The van der Waals surface area contributed by atoms with Gasteiger partial charge in [0.15, 0.2) is 5.13 Å². The quantitative estimate of drug-likeness (QED) is 0.340. The van der Waals surface area contributed by atoms with Crippen molar-refractivity contribution in [1.82, 2.24) is 4.98 Å². The number of aromatic nitrogens is 1. The third-order valence-corrected chi connectivity index (χ3v) is 10.1. The summed E-state index contributed by atoms with van der Waals surface area (Å²) in [6.07, 6.45) is 7.29. The fourth-order valence-electron chi connectivity index (χ4n) is 7.57. The number of phenolic OH excluding ortho intramolecular Hbond substituents is 1. The van der Waals surface area contributed by atoms with Crippen LogP contribution < -0.4 is 10.6 Å². The summed E-state index contributed by atoms with van der Waals surface area (Å²) in [5.41, 5.74) is 3.12. The van der Waals surface area contributed by atoms with Gasteiger partial charge in [-0.05, 0) is 98.7 Å². The zero-order valence-corrected chi connectivity index (χ0v) is 22.3. The van der Waals surface area contributed by atoms with Crippen LogP contribution in [0.1, 0.15) is 74.3 Å². The number of rotatable bonds is 7. The number of anilines is 2. The molecule has 0 radical (unpaired) electrons. The van der Waals surface area contributed by atoms with Gasteiger partial charge in [-0.2, -0.15) is 0 Å². The molecule has 0 bridgehead atoms. The maximum Gasteiger partial charge on any atom is 0.226 e. The minimum atomic E-state index is -0.332. The van der Waals surface area contributed by atoms with Gasteiger partial charge in [-0.1, -0.05) is 13.0 Å². The first-order valence-electron chi connectivity index (χ1n) is 13.3. The van der Waals surface area contributed by atoms with E-state index in [2.05, 4.69) is 28.6 Å². The van der Waals surface area contributed by atoms with Crippen LogP contribution in [0.3, 0.4) is 0 Å². The number of amides is 1. The normalized spacial score (nSPS) is 31.8. The predicted octanol–water partition coefficient (Wildman–Crippen LogP) is 4.81. The number of nitrogens with zero attached hydrogens (tertiary/aromatic N) is 1. The highest BCUT2D eigenvalue weighted by Crippen LogP contribution is 2.64. The number of fused-ring (bicyclic) bond motifs is 5. The molecule has 7 nitrogen and oxygen atoms in total. The van der Waals surface area contributed by atoms with E-state index in [4.69, 9.17) is 0 Å².